The van der Waals surface area contributed by atoms with Crippen molar-refractivity contribution in [2.45, 2.75) is 19.4 Å². The van der Waals surface area contributed by atoms with Gasteiger partial charge >= 0.3 is 0 Å². The average Bonchev–Trinajstić information content (AvgIpc) is 3.12. The molecule has 6 heteroatoms. The molecule has 1 aromatic carbocycles. The molecule has 0 spiro atoms. The number of ether oxygens (including phenoxy) is 1. The van der Waals surface area contributed by atoms with Gasteiger partial charge in [0.15, 0.2) is 0 Å². The van der Waals surface area contributed by atoms with Crippen LogP contribution >= 0.6 is 0 Å². The summed E-state index contributed by atoms with van der Waals surface area (Å²) in [7, 11) is 1.53. The van der Waals surface area contributed by atoms with Gasteiger partial charge in [-0.25, -0.2) is 4.39 Å². The largest absolute Gasteiger partial charge is 0.380 e. The maximum atomic E-state index is 13.4. The van der Waals surface area contributed by atoms with E-state index in [0.29, 0.717) is 16.9 Å². The van der Waals surface area contributed by atoms with Gasteiger partial charge in [-0.15, -0.1) is 0 Å². The first-order chi connectivity index (χ1) is 11.7. The van der Waals surface area contributed by atoms with Gasteiger partial charge in [0.25, 0.3) is 5.91 Å². The lowest BCUT2D eigenvalue weighted by molar-refractivity contribution is 0.102. The van der Waals surface area contributed by atoms with Crippen LogP contribution in [0.2, 0.25) is 0 Å². The Morgan fingerprint density at radius 2 is 2.08 bits per heavy atom. The number of nitrogens with zero attached hydrogens (tertiary/aromatic N) is 2. The van der Waals surface area contributed by atoms with Gasteiger partial charge in [-0.3, -0.25) is 9.78 Å². The molecular formula is C18H20FN3O2. The van der Waals surface area contributed by atoms with Crippen LogP contribution in [-0.4, -0.2) is 31.1 Å². The molecule has 5 nitrogen and oxygen atoms in total. The Kier molecular flexibility index (Phi) is 5.05. The Bertz CT molecular complexity index is 730. The first-order valence-electron chi connectivity index (χ1n) is 7.97. The quantitative estimate of drug-likeness (QED) is 0.915. The summed E-state index contributed by atoms with van der Waals surface area (Å²) in [5.41, 5.74) is 2.45. The van der Waals surface area contributed by atoms with E-state index in [4.69, 9.17) is 4.74 Å². The molecule has 1 fully saturated rings. The third-order valence-corrected chi connectivity index (χ3v) is 4.06. The topological polar surface area (TPSA) is 54.5 Å². The van der Waals surface area contributed by atoms with Crippen molar-refractivity contribution in [3.8, 4) is 0 Å². The van der Waals surface area contributed by atoms with Crippen LogP contribution in [0.25, 0.3) is 0 Å². The standard InChI is InChI=1S/C18H20FN3O2/c1-24-12-13-10-14(19)4-5-16(13)21-18(23)17-11-15(6-7-20-17)22-8-2-3-9-22/h4-7,10-11H,2-3,8-9,12H2,1H3,(H,21,23). The molecule has 1 N–H and O–H groups in total. The monoisotopic (exact) mass is 329 g/mol. The number of carbonyl (C=O) groups is 1. The van der Waals surface area contributed by atoms with E-state index in [-0.39, 0.29) is 18.3 Å². The second kappa shape index (κ2) is 7.40. The number of hydrogen-bond acceptors (Lipinski definition) is 4. The molecule has 1 aliphatic rings. The number of hydrogen-bond donors (Lipinski definition) is 1. The highest BCUT2D eigenvalue weighted by molar-refractivity contribution is 6.03. The Balaban J connectivity index is 1.79. The number of nitrogens with one attached hydrogen (secondary N) is 1. The molecule has 0 aliphatic carbocycles. The van der Waals surface area contributed by atoms with Gasteiger partial charge in [-0.2, -0.15) is 0 Å². The van der Waals surface area contributed by atoms with Gasteiger partial charge < -0.3 is 15.0 Å². The predicted molar refractivity (Wildman–Crippen MR) is 90.8 cm³/mol. The highest BCUT2D eigenvalue weighted by Gasteiger charge is 2.16. The van der Waals surface area contributed by atoms with Crippen molar-refractivity contribution in [1.82, 2.24) is 4.98 Å². The van der Waals surface area contributed by atoms with Crippen molar-refractivity contribution in [3.63, 3.8) is 0 Å². The maximum absolute atomic E-state index is 13.4. The number of methoxy groups -OCH3 is 1. The summed E-state index contributed by atoms with van der Waals surface area (Å²) in [5.74, 6) is -0.686. The predicted octanol–water partition coefficient (Wildman–Crippen LogP) is 3.22. The minimum atomic E-state index is -0.366. The Labute approximate surface area is 140 Å². The second-order valence-electron chi connectivity index (χ2n) is 5.78. The number of pyridine rings is 1. The van der Waals surface area contributed by atoms with E-state index in [0.717, 1.165) is 18.8 Å². The highest BCUT2D eigenvalue weighted by atomic mass is 19.1. The van der Waals surface area contributed by atoms with Crippen molar-refractivity contribution >= 4 is 17.3 Å². The minimum Gasteiger partial charge on any atom is -0.380 e. The Morgan fingerprint density at radius 3 is 2.83 bits per heavy atom. The molecule has 0 radical (unpaired) electrons. The smallest absolute Gasteiger partial charge is 0.274 e. The van der Waals surface area contributed by atoms with E-state index >= 15 is 0 Å². The van der Waals surface area contributed by atoms with Gasteiger partial charge in [0.1, 0.15) is 11.5 Å². The molecule has 24 heavy (non-hydrogen) atoms. The number of rotatable bonds is 5. The van der Waals surface area contributed by atoms with Gasteiger partial charge in [0, 0.05) is 43.3 Å². The highest BCUT2D eigenvalue weighted by Crippen LogP contribution is 2.22. The lowest BCUT2D eigenvalue weighted by atomic mass is 10.1. The van der Waals surface area contributed by atoms with E-state index in [1.807, 2.05) is 6.07 Å². The third kappa shape index (κ3) is 3.71. The van der Waals surface area contributed by atoms with Crippen LogP contribution in [0.4, 0.5) is 15.8 Å². The first kappa shape index (κ1) is 16.4. The van der Waals surface area contributed by atoms with Crippen molar-refractivity contribution in [3.05, 3.63) is 53.6 Å². The summed E-state index contributed by atoms with van der Waals surface area (Å²) in [6.07, 6.45) is 3.98. The molecule has 1 aliphatic heterocycles. The van der Waals surface area contributed by atoms with E-state index in [2.05, 4.69) is 15.2 Å². The van der Waals surface area contributed by atoms with Crippen LogP contribution < -0.4 is 10.2 Å². The minimum absolute atomic E-state index is 0.217. The molecule has 3 rings (SSSR count). The fourth-order valence-electron chi connectivity index (χ4n) is 2.86. The summed E-state index contributed by atoms with van der Waals surface area (Å²) in [6, 6.07) is 7.90. The fourth-order valence-corrected chi connectivity index (χ4v) is 2.86. The number of aromatic nitrogens is 1. The molecule has 2 aromatic rings. The zero-order chi connectivity index (χ0) is 16.9. The molecule has 2 heterocycles. The van der Waals surface area contributed by atoms with Crippen molar-refractivity contribution in [2.24, 2.45) is 0 Å². The van der Waals surface area contributed by atoms with Crippen molar-refractivity contribution < 1.29 is 13.9 Å². The Hall–Kier alpha value is -2.47. The number of benzene rings is 1. The number of anilines is 2. The van der Waals surface area contributed by atoms with Crippen LogP contribution in [0.5, 0.6) is 0 Å². The molecule has 0 bridgehead atoms. The van der Waals surface area contributed by atoms with E-state index in [1.165, 1.54) is 38.2 Å². The van der Waals surface area contributed by atoms with E-state index in [9.17, 15) is 9.18 Å². The summed E-state index contributed by atoms with van der Waals surface area (Å²) < 4.78 is 18.4. The molecular weight excluding hydrogens is 309 g/mol. The molecule has 0 atom stereocenters. The summed E-state index contributed by atoms with van der Waals surface area (Å²) in [5, 5.41) is 2.79. The molecule has 126 valence electrons. The lowest BCUT2D eigenvalue weighted by Crippen LogP contribution is -2.20. The summed E-state index contributed by atoms with van der Waals surface area (Å²) in [6.45, 7) is 2.22. The van der Waals surface area contributed by atoms with Crippen molar-refractivity contribution in [1.29, 1.82) is 0 Å². The molecule has 1 aromatic heterocycles. The zero-order valence-electron chi connectivity index (χ0n) is 13.6. The van der Waals surface area contributed by atoms with E-state index < -0.39 is 0 Å². The normalized spacial score (nSPS) is 14.0. The van der Waals surface area contributed by atoms with Crippen LogP contribution in [-0.2, 0) is 11.3 Å². The summed E-state index contributed by atoms with van der Waals surface area (Å²) in [4.78, 5) is 18.9. The van der Waals surface area contributed by atoms with Crippen LogP contribution in [0, 0.1) is 5.82 Å². The van der Waals surface area contributed by atoms with Crippen LogP contribution in [0.3, 0.4) is 0 Å². The molecule has 1 amide bonds. The fraction of sp³-hybridized carbons (Fsp3) is 0.333. The molecule has 1 saturated heterocycles. The van der Waals surface area contributed by atoms with E-state index in [1.54, 1.807) is 12.3 Å². The number of halogens is 1. The number of carbonyl (C=O) groups excluding carboxylic acids is 1. The average molecular weight is 329 g/mol. The second-order valence-corrected chi connectivity index (χ2v) is 5.78. The molecule has 0 saturated carbocycles. The summed E-state index contributed by atoms with van der Waals surface area (Å²) >= 11 is 0. The molecule has 0 unspecified atom stereocenters. The van der Waals surface area contributed by atoms with Gasteiger partial charge in [0.2, 0.25) is 0 Å². The van der Waals surface area contributed by atoms with Gasteiger partial charge in [0.05, 0.1) is 6.61 Å². The van der Waals surface area contributed by atoms with Crippen molar-refractivity contribution in [2.75, 3.05) is 30.4 Å². The third-order valence-electron chi connectivity index (χ3n) is 4.06. The van der Waals surface area contributed by atoms with Crippen LogP contribution in [0.15, 0.2) is 36.5 Å². The Morgan fingerprint density at radius 1 is 1.29 bits per heavy atom. The van der Waals surface area contributed by atoms with Gasteiger partial charge in [-0.05, 0) is 43.2 Å². The SMILES string of the molecule is COCc1cc(F)ccc1NC(=O)c1cc(N2CCCC2)ccn1. The number of amides is 1. The maximum Gasteiger partial charge on any atom is 0.274 e. The zero-order valence-corrected chi connectivity index (χ0v) is 13.6. The van der Waals surface area contributed by atoms with Crippen LogP contribution in [0.1, 0.15) is 28.9 Å². The first-order valence-corrected chi connectivity index (χ1v) is 7.97. The lowest BCUT2D eigenvalue weighted by Gasteiger charge is -2.18. The van der Waals surface area contributed by atoms with Gasteiger partial charge in [-0.1, -0.05) is 0 Å².